The Morgan fingerprint density at radius 3 is 2.80 bits per heavy atom. The van der Waals surface area contributed by atoms with Crippen molar-refractivity contribution >= 4 is 28.8 Å². The molecule has 3 rings (SSSR count). The zero-order valence-electron chi connectivity index (χ0n) is 10.6. The molecule has 102 valence electrons. The lowest BCUT2D eigenvalue weighted by Gasteiger charge is -2.06. The van der Waals surface area contributed by atoms with E-state index in [1.165, 1.54) is 12.1 Å². The minimum atomic E-state index is -0.380. The lowest BCUT2D eigenvalue weighted by molar-refractivity contribution is 0.628. The number of aryl methyl sites for hydroxylation is 1. The van der Waals surface area contributed by atoms with Gasteiger partial charge in [-0.2, -0.15) is 5.10 Å². The molecule has 3 N–H and O–H groups in total. The molecule has 3 nitrogen and oxygen atoms in total. The molecular formula is C14H11ClFN3S. The van der Waals surface area contributed by atoms with Gasteiger partial charge < -0.3 is 5.73 Å². The number of hydrogen-bond donors (Lipinski definition) is 2. The molecule has 0 saturated carbocycles. The maximum Gasteiger partial charge on any atom is 0.153 e. The van der Waals surface area contributed by atoms with Crippen LogP contribution in [0.25, 0.3) is 21.7 Å². The number of aromatic nitrogens is 2. The molecule has 0 radical (unpaired) electrons. The maximum absolute atomic E-state index is 13.2. The Morgan fingerprint density at radius 1 is 1.35 bits per heavy atom. The van der Waals surface area contributed by atoms with Crippen molar-refractivity contribution in [2.45, 2.75) is 6.92 Å². The van der Waals surface area contributed by atoms with E-state index in [0.29, 0.717) is 22.0 Å². The van der Waals surface area contributed by atoms with E-state index in [9.17, 15) is 4.39 Å². The summed E-state index contributed by atoms with van der Waals surface area (Å²) in [5.74, 6) is -0.0315. The number of hydrogen-bond acceptors (Lipinski definition) is 3. The van der Waals surface area contributed by atoms with E-state index in [0.717, 1.165) is 16.1 Å². The van der Waals surface area contributed by atoms with Crippen molar-refractivity contribution in [3.8, 4) is 21.7 Å². The van der Waals surface area contributed by atoms with Gasteiger partial charge in [0, 0.05) is 5.56 Å². The normalized spacial score (nSPS) is 10.9. The number of aromatic amines is 1. The summed E-state index contributed by atoms with van der Waals surface area (Å²) in [7, 11) is 0. The summed E-state index contributed by atoms with van der Waals surface area (Å²) in [5.41, 5.74) is 9.26. The van der Waals surface area contributed by atoms with Crippen LogP contribution in [-0.4, -0.2) is 10.2 Å². The van der Waals surface area contributed by atoms with Crippen molar-refractivity contribution < 1.29 is 4.39 Å². The second kappa shape index (κ2) is 4.92. The van der Waals surface area contributed by atoms with E-state index in [-0.39, 0.29) is 5.82 Å². The summed E-state index contributed by atoms with van der Waals surface area (Å²) >= 11 is 7.72. The molecule has 3 aromatic rings. The standard InChI is InChI=1S/C14H11ClFN3S/c1-7-4-5-20-13(7)12-11(14(17)19-18-12)9-3-2-8(16)6-10(9)15/h2-6H,1H3,(H3,17,18,19). The molecule has 0 bridgehead atoms. The predicted molar refractivity (Wildman–Crippen MR) is 81.5 cm³/mol. The van der Waals surface area contributed by atoms with Gasteiger partial charge in [0.15, 0.2) is 5.82 Å². The number of nitrogens with two attached hydrogens (primary N) is 1. The Labute approximate surface area is 124 Å². The van der Waals surface area contributed by atoms with Gasteiger partial charge in [-0.25, -0.2) is 4.39 Å². The van der Waals surface area contributed by atoms with Crippen LogP contribution in [0.5, 0.6) is 0 Å². The van der Waals surface area contributed by atoms with Crippen LogP contribution in [0.4, 0.5) is 10.2 Å². The Kier molecular flexibility index (Phi) is 3.23. The number of thiophene rings is 1. The Balaban J connectivity index is 2.24. The molecule has 2 aromatic heterocycles. The molecular weight excluding hydrogens is 297 g/mol. The quantitative estimate of drug-likeness (QED) is 0.733. The number of benzene rings is 1. The first kappa shape index (κ1) is 13.1. The number of nitrogens with one attached hydrogen (secondary N) is 1. The molecule has 0 unspecified atom stereocenters. The first-order chi connectivity index (χ1) is 9.58. The molecule has 0 aliphatic carbocycles. The highest BCUT2D eigenvalue weighted by Gasteiger charge is 2.19. The summed E-state index contributed by atoms with van der Waals surface area (Å²) in [4.78, 5) is 1.05. The lowest BCUT2D eigenvalue weighted by atomic mass is 10.0. The third-order valence-electron chi connectivity index (χ3n) is 3.08. The first-order valence-electron chi connectivity index (χ1n) is 5.91. The van der Waals surface area contributed by atoms with Gasteiger partial charge in [-0.15, -0.1) is 11.3 Å². The highest BCUT2D eigenvalue weighted by molar-refractivity contribution is 7.13. The molecule has 0 fully saturated rings. The van der Waals surface area contributed by atoms with Crippen molar-refractivity contribution in [1.82, 2.24) is 10.2 Å². The van der Waals surface area contributed by atoms with Gasteiger partial charge in [-0.3, -0.25) is 5.10 Å². The Morgan fingerprint density at radius 2 is 2.15 bits per heavy atom. The van der Waals surface area contributed by atoms with Crippen molar-refractivity contribution in [2.24, 2.45) is 0 Å². The van der Waals surface area contributed by atoms with Crippen molar-refractivity contribution in [3.63, 3.8) is 0 Å². The average Bonchev–Trinajstić information content (AvgIpc) is 2.96. The van der Waals surface area contributed by atoms with E-state index < -0.39 is 0 Å². The Hall–Kier alpha value is -1.85. The highest BCUT2D eigenvalue weighted by atomic mass is 35.5. The van der Waals surface area contributed by atoms with Gasteiger partial charge in [-0.05, 0) is 42.1 Å². The third kappa shape index (κ3) is 2.09. The van der Waals surface area contributed by atoms with Gasteiger partial charge in [0.1, 0.15) is 5.82 Å². The molecule has 2 heterocycles. The third-order valence-corrected chi connectivity index (χ3v) is 4.43. The largest absolute Gasteiger partial charge is 0.382 e. The summed E-state index contributed by atoms with van der Waals surface area (Å²) in [5, 5.41) is 9.31. The number of halogens is 2. The molecule has 1 aromatic carbocycles. The predicted octanol–water partition coefficient (Wildman–Crippen LogP) is 4.49. The molecule has 0 saturated heterocycles. The summed E-state index contributed by atoms with van der Waals surface area (Å²) in [6, 6.07) is 6.27. The van der Waals surface area contributed by atoms with Crippen molar-refractivity contribution in [3.05, 3.63) is 46.0 Å². The molecule has 0 aliphatic rings. The van der Waals surface area contributed by atoms with Gasteiger partial charge >= 0.3 is 0 Å². The molecule has 20 heavy (non-hydrogen) atoms. The van der Waals surface area contributed by atoms with Crippen molar-refractivity contribution in [2.75, 3.05) is 5.73 Å². The van der Waals surface area contributed by atoms with E-state index in [4.69, 9.17) is 17.3 Å². The second-order valence-electron chi connectivity index (χ2n) is 4.42. The minimum Gasteiger partial charge on any atom is -0.382 e. The van der Waals surface area contributed by atoms with Crippen LogP contribution < -0.4 is 5.73 Å². The van der Waals surface area contributed by atoms with Crippen LogP contribution in [0.3, 0.4) is 0 Å². The first-order valence-corrected chi connectivity index (χ1v) is 7.17. The molecule has 6 heteroatoms. The fourth-order valence-electron chi connectivity index (χ4n) is 2.11. The summed E-state index contributed by atoms with van der Waals surface area (Å²) in [6.07, 6.45) is 0. The van der Waals surface area contributed by atoms with Gasteiger partial charge in [0.05, 0.1) is 21.2 Å². The van der Waals surface area contributed by atoms with Crippen molar-refractivity contribution in [1.29, 1.82) is 0 Å². The van der Waals surface area contributed by atoms with Crippen LogP contribution in [0.1, 0.15) is 5.56 Å². The van der Waals surface area contributed by atoms with Gasteiger partial charge in [0.25, 0.3) is 0 Å². The minimum absolute atomic E-state index is 0.313. The molecule has 0 spiro atoms. The van der Waals surface area contributed by atoms with Crippen LogP contribution in [0, 0.1) is 12.7 Å². The molecule has 0 amide bonds. The van der Waals surface area contributed by atoms with Crippen LogP contribution in [0.15, 0.2) is 29.6 Å². The topological polar surface area (TPSA) is 54.7 Å². The van der Waals surface area contributed by atoms with E-state index in [1.807, 2.05) is 18.4 Å². The van der Waals surface area contributed by atoms with Crippen LogP contribution >= 0.6 is 22.9 Å². The van der Waals surface area contributed by atoms with Crippen LogP contribution in [0.2, 0.25) is 5.02 Å². The SMILES string of the molecule is Cc1ccsc1-c1[nH]nc(N)c1-c1ccc(F)cc1Cl. The molecule has 0 atom stereocenters. The number of rotatable bonds is 2. The fourth-order valence-corrected chi connectivity index (χ4v) is 3.30. The maximum atomic E-state index is 13.2. The number of nitrogens with zero attached hydrogens (tertiary/aromatic N) is 1. The average molecular weight is 308 g/mol. The second-order valence-corrected chi connectivity index (χ2v) is 5.74. The Bertz CT molecular complexity index is 779. The van der Waals surface area contributed by atoms with E-state index in [2.05, 4.69) is 10.2 Å². The van der Waals surface area contributed by atoms with Gasteiger partial charge in [0.2, 0.25) is 0 Å². The number of anilines is 1. The van der Waals surface area contributed by atoms with Crippen LogP contribution in [-0.2, 0) is 0 Å². The van der Waals surface area contributed by atoms with E-state index >= 15 is 0 Å². The van der Waals surface area contributed by atoms with E-state index in [1.54, 1.807) is 17.4 Å². The highest BCUT2D eigenvalue weighted by Crippen LogP contribution is 2.41. The molecule has 0 aliphatic heterocycles. The van der Waals surface area contributed by atoms with Gasteiger partial charge in [-0.1, -0.05) is 11.6 Å². The number of nitrogen functional groups attached to an aromatic ring is 1. The fraction of sp³-hybridized carbons (Fsp3) is 0.0714. The zero-order chi connectivity index (χ0) is 14.3. The zero-order valence-corrected chi connectivity index (χ0v) is 12.1. The monoisotopic (exact) mass is 307 g/mol. The number of H-pyrrole nitrogens is 1. The lowest BCUT2D eigenvalue weighted by Crippen LogP contribution is -1.90. The summed E-state index contributed by atoms with van der Waals surface area (Å²) < 4.78 is 13.2. The smallest absolute Gasteiger partial charge is 0.153 e. The summed E-state index contributed by atoms with van der Waals surface area (Å²) in [6.45, 7) is 2.01.